The number of rotatable bonds is 5. The molecule has 0 radical (unpaired) electrons. The van der Waals surface area contributed by atoms with Gasteiger partial charge >= 0.3 is 0 Å². The maximum absolute atomic E-state index is 12.1. The Kier molecular flexibility index (Phi) is 5.41. The summed E-state index contributed by atoms with van der Waals surface area (Å²) in [5, 5.41) is 12.4. The minimum atomic E-state index is 0.0225. The molecule has 24 heavy (non-hydrogen) atoms. The number of aromatic hydroxyl groups is 1. The Labute approximate surface area is 142 Å². The van der Waals surface area contributed by atoms with Crippen LogP contribution in [0.25, 0.3) is 11.4 Å². The zero-order valence-electron chi connectivity index (χ0n) is 13.7. The van der Waals surface area contributed by atoms with Crippen LogP contribution >= 0.6 is 0 Å². The number of aromatic nitrogens is 2. The van der Waals surface area contributed by atoms with Gasteiger partial charge in [-0.15, -0.1) is 0 Å². The number of amides is 1. The lowest BCUT2D eigenvalue weighted by Gasteiger charge is -2.20. The Morgan fingerprint density at radius 3 is 2.62 bits per heavy atom. The largest absolute Gasteiger partial charge is 0.508 e. The second-order valence-electron chi connectivity index (χ2n) is 6.44. The quantitative estimate of drug-likeness (QED) is 0.866. The van der Waals surface area contributed by atoms with Crippen LogP contribution in [-0.4, -0.2) is 21.0 Å². The molecule has 1 aliphatic rings. The summed E-state index contributed by atoms with van der Waals surface area (Å²) >= 11 is 0. The maximum atomic E-state index is 12.1. The Morgan fingerprint density at radius 1 is 1.17 bits per heavy atom. The van der Waals surface area contributed by atoms with Crippen LogP contribution in [0.4, 0.5) is 5.69 Å². The molecule has 5 heteroatoms. The molecule has 0 spiro atoms. The second kappa shape index (κ2) is 7.90. The number of nitrogens with zero attached hydrogens (tertiary/aromatic N) is 2. The summed E-state index contributed by atoms with van der Waals surface area (Å²) < 4.78 is 0. The fraction of sp³-hybridized carbons (Fsp3) is 0.421. The number of carbonyl (C=O) groups excluding carboxylic acids is 1. The van der Waals surface area contributed by atoms with Crippen molar-refractivity contribution in [1.29, 1.82) is 0 Å². The van der Waals surface area contributed by atoms with E-state index in [0.29, 0.717) is 23.9 Å². The highest BCUT2D eigenvalue weighted by Crippen LogP contribution is 2.27. The van der Waals surface area contributed by atoms with Gasteiger partial charge < -0.3 is 10.4 Å². The van der Waals surface area contributed by atoms with Crippen molar-refractivity contribution in [3.8, 4) is 17.1 Å². The van der Waals surface area contributed by atoms with E-state index < -0.39 is 0 Å². The van der Waals surface area contributed by atoms with Gasteiger partial charge in [0.15, 0.2) is 5.82 Å². The van der Waals surface area contributed by atoms with Gasteiger partial charge in [-0.05, 0) is 24.5 Å². The van der Waals surface area contributed by atoms with Crippen molar-refractivity contribution in [2.75, 3.05) is 5.32 Å². The van der Waals surface area contributed by atoms with Gasteiger partial charge in [0.1, 0.15) is 5.75 Å². The minimum Gasteiger partial charge on any atom is -0.508 e. The van der Waals surface area contributed by atoms with Gasteiger partial charge in [-0.25, -0.2) is 9.97 Å². The zero-order chi connectivity index (χ0) is 16.8. The van der Waals surface area contributed by atoms with Gasteiger partial charge in [0, 0.05) is 12.0 Å². The number of anilines is 1. The van der Waals surface area contributed by atoms with E-state index in [-0.39, 0.29) is 11.7 Å². The Hall–Kier alpha value is -2.43. The molecule has 0 unspecified atom stereocenters. The van der Waals surface area contributed by atoms with Crippen LogP contribution in [0.2, 0.25) is 0 Å². The summed E-state index contributed by atoms with van der Waals surface area (Å²) in [5.41, 5.74) is 1.35. The van der Waals surface area contributed by atoms with Crippen LogP contribution in [-0.2, 0) is 4.79 Å². The Morgan fingerprint density at radius 2 is 1.92 bits per heavy atom. The molecule has 0 bridgehead atoms. The fourth-order valence-electron chi connectivity index (χ4n) is 3.22. The SMILES string of the molecule is O=C(CCC1CCCCC1)Nc1cnc(-c2cccc(O)c2)nc1. The lowest BCUT2D eigenvalue weighted by atomic mass is 9.86. The first kappa shape index (κ1) is 16.4. The van der Waals surface area contributed by atoms with E-state index >= 15 is 0 Å². The molecule has 3 rings (SSSR count). The van der Waals surface area contributed by atoms with Gasteiger partial charge in [0.05, 0.1) is 18.1 Å². The third kappa shape index (κ3) is 4.54. The van der Waals surface area contributed by atoms with Crippen LogP contribution in [0.15, 0.2) is 36.7 Å². The van der Waals surface area contributed by atoms with E-state index in [2.05, 4.69) is 15.3 Å². The molecule has 2 aromatic rings. The van der Waals surface area contributed by atoms with Crippen molar-refractivity contribution in [2.45, 2.75) is 44.9 Å². The zero-order valence-corrected chi connectivity index (χ0v) is 13.7. The standard InChI is InChI=1S/C19H23N3O2/c23-17-8-4-7-15(11-17)19-20-12-16(13-21-19)22-18(24)10-9-14-5-2-1-3-6-14/h4,7-8,11-14,23H,1-3,5-6,9-10H2,(H,22,24). The molecule has 0 saturated heterocycles. The molecular weight excluding hydrogens is 302 g/mol. The van der Waals surface area contributed by atoms with Crippen LogP contribution in [0.5, 0.6) is 5.75 Å². The summed E-state index contributed by atoms with van der Waals surface area (Å²) in [6.45, 7) is 0. The first-order chi connectivity index (χ1) is 11.7. The normalized spacial score (nSPS) is 15.2. The van der Waals surface area contributed by atoms with Gasteiger partial charge in [-0.3, -0.25) is 4.79 Å². The van der Waals surface area contributed by atoms with Crippen molar-refractivity contribution < 1.29 is 9.90 Å². The first-order valence-electron chi connectivity index (χ1n) is 8.62. The van der Waals surface area contributed by atoms with E-state index in [1.807, 2.05) is 6.07 Å². The molecule has 1 fully saturated rings. The van der Waals surface area contributed by atoms with E-state index in [9.17, 15) is 9.90 Å². The highest BCUT2D eigenvalue weighted by molar-refractivity contribution is 5.90. The van der Waals surface area contributed by atoms with E-state index in [0.717, 1.165) is 12.0 Å². The van der Waals surface area contributed by atoms with E-state index in [1.54, 1.807) is 30.6 Å². The molecule has 1 aliphatic carbocycles. The smallest absolute Gasteiger partial charge is 0.224 e. The molecule has 0 aliphatic heterocycles. The topological polar surface area (TPSA) is 75.1 Å². The lowest BCUT2D eigenvalue weighted by molar-refractivity contribution is -0.116. The second-order valence-corrected chi connectivity index (χ2v) is 6.44. The molecule has 1 aromatic carbocycles. The molecule has 1 heterocycles. The van der Waals surface area contributed by atoms with Gasteiger partial charge in [-0.1, -0.05) is 44.2 Å². The van der Waals surface area contributed by atoms with Gasteiger partial charge in [0.2, 0.25) is 5.91 Å². The summed E-state index contributed by atoms with van der Waals surface area (Å²) in [5.74, 6) is 1.42. The maximum Gasteiger partial charge on any atom is 0.224 e. The summed E-state index contributed by atoms with van der Waals surface area (Å²) in [4.78, 5) is 20.6. The van der Waals surface area contributed by atoms with Crippen LogP contribution in [0.3, 0.4) is 0 Å². The highest BCUT2D eigenvalue weighted by Gasteiger charge is 2.15. The van der Waals surface area contributed by atoms with Crippen molar-refractivity contribution in [3.63, 3.8) is 0 Å². The monoisotopic (exact) mass is 325 g/mol. The van der Waals surface area contributed by atoms with E-state index in [4.69, 9.17) is 0 Å². The van der Waals surface area contributed by atoms with E-state index in [1.165, 1.54) is 32.1 Å². The molecule has 2 N–H and O–H groups in total. The molecule has 0 atom stereocenters. The summed E-state index contributed by atoms with van der Waals surface area (Å²) in [7, 11) is 0. The number of phenols is 1. The predicted molar refractivity (Wildman–Crippen MR) is 93.6 cm³/mol. The van der Waals surface area contributed by atoms with Crippen LogP contribution in [0.1, 0.15) is 44.9 Å². The molecule has 126 valence electrons. The summed E-state index contributed by atoms with van der Waals surface area (Å²) in [6, 6.07) is 6.79. The van der Waals surface area contributed by atoms with Gasteiger partial charge in [0.25, 0.3) is 0 Å². The lowest BCUT2D eigenvalue weighted by Crippen LogP contribution is -2.15. The van der Waals surface area contributed by atoms with Crippen LogP contribution in [0, 0.1) is 5.92 Å². The predicted octanol–water partition coefficient (Wildman–Crippen LogP) is 4.15. The van der Waals surface area contributed by atoms with Crippen LogP contribution < -0.4 is 5.32 Å². The van der Waals surface area contributed by atoms with Crippen molar-refractivity contribution in [2.24, 2.45) is 5.92 Å². The number of carbonyl (C=O) groups is 1. The number of hydrogen-bond acceptors (Lipinski definition) is 4. The van der Waals surface area contributed by atoms with Gasteiger partial charge in [-0.2, -0.15) is 0 Å². The van der Waals surface area contributed by atoms with Crippen molar-refractivity contribution in [1.82, 2.24) is 9.97 Å². The van der Waals surface area contributed by atoms with Crippen molar-refractivity contribution in [3.05, 3.63) is 36.7 Å². The minimum absolute atomic E-state index is 0.0225. The molecule has 1 saturated carbocycles. The first-order valence-corrected chi connectivity index (χ1v) is 8.62. The summed E-state index contributed by atoms with van der Waals surface area (Å²) in [6.07, 6.45) is 11.2. The average molecular weight is 325 g/mol. The number of phenolic OH excluding ortho intramolecular Hbond substituents is 1. The molecule has 1 amide bonds. The Balaban J connectivity index is 1.52. The molecular formula is C19H23N3O2. The van der Waals surface area contributed by atoms with Crippen molar-refractivity contribution >= 4 is 11.6 Å². The fourth-order valence-corrected chi connectivity index (χ4v) is 3.22. The molecule has 5 nitrogen and oxygen atoms in total. The number of hydrogen-bond donors (Lipinski definition) is 2. The highest BCUT2D eigenvalue weighted by atomic mass is 16.3. The third-order valence-corrected chi connectivity index (χ3v) is 4.54. The Bertz CT molecular complexity index is 679. The molecule has 1 aromatic heterocycles. The third-order valence-electron chi connectivity index (χ3n) is 4.54. The number of nitrogens with one attached hydrogen (secondary N) is 1. The average Bonchev–Trinajstić information content (AvgIpc) is 2.61. The number of benzene rings is 1.